The Morgan fingerprint density at radius 2 is 1.78 bits per heavy atom. The Morgan fingerprint density at radius 1 is 1.06 bits per heavy atom. The molecule has 0 bridgehead atoms. The lowest BCUT2D eigenvalue weighted by molar-refractivity contribution is -0.115. The summed E-state index contributed by atoms with van der Waals surface area (Å²) in [5.41, 5.74) is 3.79. The number of morpholine rings is 1. The number of benzene rings is 3. The normalized spacial score (nSPS) is 14.6. The lowest BCUT2D eigenvalue weighted by Gasteiger charge is -2.26. The lowest BCUT2D eigenvalue weighted by Crippen LogP contribution is -2.38. The Morgan fingerprint density at radius 3 is 2.47 bits per heavy atom. The van der Waals surface area contributed by atoms with Crippen LogP contribution in [-0.2, 0) is 21.4 Å². The Kier molecular flexibility index (Phi) is 8.17. The van der Waals surface area contributed by atoms with Gasteiger partial charge in [-0.2, -0.15) is 0 Å². The zero-order chi connectivity index (χ0) is 25.7. The predicted octanol–water partition coefficient (Wildman–Crippen LogP) is 5.35. The molecule has 0 saturated carbocycles. The van der Waals surface area contributed by atoms with Crippen LogP contribution in [0.15, 0.2) is 48.5 Å². The smallest absolute Gasteiger partial charge is 0.228 e. The molecular formula is C30H38N2O4. The number of rotatable bonds is 8. The van der Waals surface area contributed by atoms with Crippen molar-refractivity contribution < 1.29 is 19.0 Å². The first-order chi connectivity index (χ1) is 17.3. The van der Waals surface area contributed by atoms with Crippen molar-refractivity contribution in [2.45, 2.75) is 39.5 Å². The first kappa shape index (κ1) is 26.0. The Balaban J connectivity index is 1.50. The molecule has 6 nitrogen and oxygen atoms in total. The molecule has 0 spiro atoms. The van der Waals surface area contributed by atoms with E-state index < -0.39 is 0 Å². The second kappa shape index (κ2) is 11.3. The summed E-state index contributed by atoms with van der Waals surface area (Å²) in [6, 6.07) is 16.2. The topological polar surface area (TPSA) is 60.0 Å². The van der Waals surface area contributed by atoms with Crippen LogP contribution in [0.4, 0.5) is 5.69 Å². The predicted molar refractivity (Wildman–Crippen MR) is 145 cm³/mol. The van der Waals surface area contributed by atoms with Crippen molar-refractivity contribution in [3.8, 4) is 11.5 Å². The third-order valence-corrected chi connectivity index (χ3v) is 6.71. The minimum absolute atomic E-state index is 0.0374. The third kappa shape index (κ3) is 6.18. The molecule has 0 unspecified atom stereocenters. The number of methoxy groups -OCH3 is 1. The van der Waals surface area contributed by atoms with Gasteiger partial charge in [0.2, 0.25) is 5.91 Å². The summed E-state index contributed by atoms with van der Waals surface area (Å²) in [5.74, 6) is 1.47. The van der Waals surface area contributed by atoms with Crippen molar-refractivity contribution in [2.24, 2.45) is 0 Å². The van der Waals surface area contributed by atoms with Gasteiger partial charge in [-0.25, -0.2) is 0 Å². The van der Waals surface area contributed by atoms with Crippen LogP contribution in [0.5, 0.6) is 11.5 Å². The maximum atomic E-state index is 13.2. The summed E-state index contributed by atoms with van der Waals surface area (Å²) in [6.45, 7) is 13.4. The van der Waals surface area contributed by atoms with Crippen LogP contribution in [0.2, 0.25) is 0 Å². The van der Waals surface area contributed by atoms with Crippen LogP contribution in [0.1, 0.15) is 37.5 Å². The van der Waals surface area contributed by atoms with E-state index in [4.69, 9.17) is 14.2 Å². The van der Waals surface area contributed by atoms with Crippen molar-refractivity contribution >= 4 is 22.4 Å². The van der Waals surface area contributed by atoms with Crippen LogP contribution in [0.25, 0.3) is 10.8 Å². The molecule has 1 aliphatic rings. The number of nitrogens with zero attached hydrogens (tertiary/aromatic N) is 1. The minimum atomic E-state index is -0.0788. The molecule has 1 heterocycles. The number of fused-ring (bicyclic) bond motifs is 1. The highest BCUT2D eigenvalue weighted by molar-refractivity contribution is 5.98. The van der Waals surface area contributed by atoms with Gasteiger partial charge in [0.1, 0.15) is 18.1 Å². The third-order valence-electron chi connectivity index (χ3n) is 6.71. The van der Waals surface area contributed by atoms with E-state index in [2.05, 4.69) is 49.2 Å². The molecule has 4 rings (SSSR count). The van der Waals surface area contributed by atoms with E-state index in [1.165, 1.54) is 0 Å². The number of amides is 1. The lowest BCUT2D eigenvalue weighted by atomic mass is 9.85. The molecule has 1 saturated heterocycles. The van der Waals surface area contributed by atoms with Crippen LogP contribution in [-0.4, -0.2) is 57.4 Å². The number of hydrogen-bond donors (Lipinski definition) is 1. The monoisotopic (exact) mass is 490 g/mol. The molecular weight excluding hydrogens is 452 g/mol. The van der Waals surface area contributed by atoms with Crippen molar-refractivity contribution in [2.75, 3.05) is 51.9 Å². The van der Waals surface area contributed by atoms with Gasteiger partial charge in [-0.05, 0) is 46.5 Å². The fourth-order valence-electron chi connectivity index (χ4n) is 4.66. The molecule has 36 heavy (non-hydrogen) atoms. The number of aryl methyl sites for hydroxylation is 1. The summed E-state index contributed by atoms with van der Waals surface area (Å²) in [4.78, 5) is 15.5. The number of carbonyl (C=O) groups excluding carboxylic acids is 1. The van der Waals surface area contributed by atoms with Crippen molar-refractivity contribution in [3.63, 3.8) is 0 Å². The average molecular weight is 491 g/mol. The maximum Gasteiger partial charge on any atom is 0.228 e. The summed E-state index contributed by atoms with van der Waals surface area (Å²) in [6.07, 6.45) is 0.260. The molecule has 0 radical (unpaired) electrons. The molecule has 3 aromatic rings. The number of ether oxygens (including phenoxy) is 3. The van der Waals surface area contributed by atoms with Crippen LogP contribution < -0.4 is 14.8 Å². The number of hydrogen-bond acceptors (Lipinski definition) is 5. The Hall–Kier alpha value is -3.09. The van der Waals surface area contributed by atoms with Crippen LogP contribution >= 0.6 is 0 Å². The molecule has 1 fully saturated rings. The molecule has 0 aromatic heterocycles. The molecule has 3 aromatic carbocycles. The molecule has 1 amide bonds. The zero-order valence-corrected chi connectivity index (χ0v) is 22.1. The Labute approximate surface area is 214 Å². The number of anilines is 1. The second-order valence-electron chi connectivity index (χ2n) is 10.4. The van der Waals surface area contributed by atoms with Gasteiger partial charge < -0.3 is 19.5 Å². The fraction of sp³-hybridized carbons (Fsp3) is 0.433. The minimum Gasteiger partial charge on any atom is -0.494 e. The molecule has 192 valence electrons. The highest BCUT2D eigenvalue weighted by atomic mass is 16.5. The Bertz CT molecular complexity index is 1210. The van der Waals surface area contributed by atoms with E-state index in [9.17, 15) is 4.79 Å². The van der Waals surface area contributed by atoms with Gasteiger partial charge in [-0.3, -0.25) is 9.69 Å². The molecule has 1 N–H and O–H groups in total. The van der Waals surface area contributed by atoms with Gasteiger partial charge in [-0.1, -0.05) is 57.2 Å². The molecule has 0 atom stereocenters. The highest BCUT2D eigenvalue weighted by Crippen LogP contribution is 2.35. The van der Waals surface area contributed by atoms with E-state index in [1.807, 2.05) is 37.3 Å². The van der Waals surface area contributed by atoms with Crippen LogP contribution in [0.3, 0.4) is 0 Å². The van der Waals surface area contributed by atoms with Crippen LogP contribution in [0, 0.1) is 6.92 Å². The summed E-state index contributed by atoms with van der Waals surface area (Å²) < 4.78 is 17.2. The first-order valence-corrected chi connectivity index (χ1v) is 12.7. The van der Waals surface area contributed by atoms with Gasteiger partial charge >= 0.3 is 0 Å². The van der Waals surface area contributed by atoms with Crippen molar-refractivity contribution in [1.29, 1.82) is 0 Å². The number of carbonyl (C=O) groups is 1. The first-order valence-electron chi connectivity index (χ1n) is 12.7. The molecule has 6 heteroatoms. The maximum absolute atomic E-state index is 13.2. The van der Waals surface area contributed by atoms with Crippen molar-refractivity contribution in [1.82, 2.24) is 4.90 Å². The summed E-state index contributed by atoms with van der Waals surface area (Å²) >= 11 is 0. The zero-order valence-electron chi connectivity index (χ0n) is 22.1. The fourth-order valence-corrected chi connectivity index (χ4v) is 4.66. The van der Waals surface area contributed by atoms with E-state index in [1.54, 1.807) is 7.11 Å². The van der Waals surface area contributed by atoms with Gasteiger partial charge in [-0.15, -0.1) is 0 Å². The van der Waals surface area contributed by atoms with Gasteiger partial charge in [0, 0.05) is 25.0 Å². The van der Waals surface area contributed by atoms with E-state index in [0.717, 1.165) is 66.1 Å². The van der Waals surface area contributed by atoms with Gasteiger partial charge in [0.25, 0.3) is 0 Å². The highest BCUT2D eigenvalue weighted by Gasteiger charge is 2.20. The average Bonchev–Trinajstić information content (AvgIpc) is 2.85. The summed E-state index contributed by atoms with van der Waals surface area (Å²) in [5, 5.41) is 5.15. The SMILES string of the molecule is COc1c(C)cc(C(C)(C)C)cc1NC(=O)Cc1ccc(OCCN2CCOCC2)c2ccccc12. The van der Waals surface area contributed by atoms with E-state index >= 15 is 0 Å². The van der Waals surface area contributed by atoms with Gasteiger partial charge in [0.15, 0.2) is 0 Å². The number of nitrogens with one attached hydrogen (secondary N) is 1. The van der Waals surface area contributed by atoms with Crippen molar-refractivity contribution in [3.05, 3.63) is 65.2 Å². The summed E-state index contributed by atoms with van der Waals surface area (Å²) in [7, 11) is 1.64. The molecule has 1 aliphatic heterocycles. The van der Waals surface area contributed by atoms with Gasteiger partial charge in [0.05, 0.1) is 32.4 Å². The van der Waals surface area contributed by atoms with E-state index in [-0.39, 0.29) is 17.7 Å². The standard InChI is InChI=1S/C30H38N2O4/c1-21-18-23(30(2,3)4)20-26(29(21)34-5)31-28(33)19-22-10-11-27(25-9-7-6-8-24(22)25)36-17-14-32-12-15-35-16-13-32/h6-11,18,20H,12-17,19H2,1-5H3,(H,31,33). The quantitative estimate of drug-likeness (QED) is 0.462. The largest absolute Gasteiger partial charge is 0.494 e. The van der Waals surface area contributed by atoms with E-state index in [0.29, 0.717) is 18.0 Å². The second-order valence-corrected chi connectivity index (χ2v) is 10.4. The molecule has 0 aliphatic carbocycles.